The Bertz CT molecular complexity index is 273. The van der Waals surface area contributed by atoms with Gasteiger partial charge in [0.2, 0.25) is 0 Å². The van der Waals surface area contributed by atoms with Crippen molar-refractivity contribution in [3.8, 4) is 0 Å². The van der Waals surface area contributed by atoms with Gasteiger partial charge >= 0.3 is 0 Å². The number of hydrogen-bond donors (Lipinski definition) is 1. The molecule has 0 aromatic heterocycles. The van der Waals surface area contributed by atoms with Crippen LogP contribution in [0.1, 0.15) is 11.1 Å². The molecular formula is C8H9BrFN. The zero-order chi connectivity index (χ0) is 8.43. The summed E-state index contributed by atoms with van der Waals surface area (Å²) in [5.74, 6) is -0.243. The van der Waals surface area contributed by atoms with Crippen molar-refractivity contribution in [3.63, 3.8) is 0 Å². The van der Waals surface area contributed by atoms with Crippen molar-refractivity contribution in [3.05, 3.63) is 33.5 Å². The second-order valence-electron chi connectivity index (χ2n) is 2.36. The SMILES string of the molecule is Cc1ccc(Br)c(F)c1CN. The topological polar surface area (TPSA) is 26.0 Å². The number of nitrogens with two attached hydrogens (primary N) is 1. The van der Waals surface area contributed by atoms with E-state index in [2.05, 4.69) is 15.9 Å². The van der Waals surface area contributed by atoms with Crippen molar-refractivity contribution in [2.75, 3.05) is 0 Å². The number of rotatable bonds is 1. The van der Waals surface area contributed by atoms with Crippen LogP contribution in [0.4, 0.5) is 4.39 Å². The van der Waals surface area contributed by atoms with Gasteiger partial charge in [-0.25, -0.2) is 4.39 Å². The van der Waals surface area contributed by atoms with Crippen molar-refractivity contribution in [2.24, 2.45) is 5.73 Å². The molecule has 0 saturated carbocycles. The van der Waals surface area contributed by atoms with Crippen LogP contribution in [0, 0.1) is 12.7 Å². The molecule has 0 amide bonds. The molecule has 0 spiro atoms. The van der Waals surface area contributed by atoms with E-state index in [1.54, 1.807) is 6.07 Å². The van der Waals surface area contributed by atoms with E-state index in [0.29, 0.717) is 10.0 Å². The standard InChI is InChI=1S/C8H9BrFN/c1-5-2-3-7(9)8(10)6(5)4-11/h2-3H,4,11H2,1H3. The first-order valence-corrected chi connectivity index (χ1v) is 4.09. The quantitative estimate of drug-likeness (QED) is 0.769. The summed E-state index contributed by atoms with van der Waals surface area (Å²) in [4.78, 5) is 0. The number of aryl methyl sites for hydroxylation is 1. The molecule has 0 aliphatic carbocycles. The maximum atomic E-state index is 13.1. The van der Waals surface area contributed by atoms with Crippen LogP contribution in [0.2, 0.25) is 0 Å². The first-order chi connectivity index (χ1) is 5.16. The van der Waals surface area contributed by atoms with Crippen LogP contribution in [0.15, 0.2) is 16.6 Å². The average Bonchev–Trinajstić information content (AvgIpc) is 1.99. The van der Waals surface area contributed by atoms with Crippen LogP contribution in [-0.2, 0) is 6.54 Å². The molecule has 0 aliphatic heterocycles. The molecular weight excluding hydrogens is 209 g/mol. The molecule has 11 heavy (non-hydrogen) atoms. The highest BCUT2D eigenvalue weighted by molar-refractivity contribution is 9.10. The maximum Gasteiger partial charge on any atom is 0.142 e. The Kier molecular flexibility index (Phi) is 2.62. The Morgan fingerprint density at radius 3 is 2.64 bits per heavy atom. The fraction of sp³-hybridized carbons (Fsp3) is 0.250. The van der Waals surface area contributed by atoms with Gasteiger partial charge in [0.05, 0.1) is 4.47 Å². The van der Waals surface area contributed by atoms with Crippen molar-refractivity contribution < 1.29 is 4.39 Å². The van der Waals surface area contributed by atoms with Gasteiger partial charge in [-0.05, 0) is 34.5 Å². The molecule has 0 bridgehead atoms. The molecule has 0 fully saturated rings. The summed E-state index contributed by atoms with van der Waals surface area (Å²) in [7, 11) is 0. The summed E-state index contributed by atoms with van der Waals surface area (Å²) in [6, 6.07) is 3.53. The van der Waals surface area contributed by atoms with Gasteiger partial charge < -0.3 is 5.73 Å². The van der Waals surface area contributed by atoms with Crippen LogP contribution in [0.5, 0.6) is 0 Å². The minimum absolute atomic E-state index is 0.243. The highest BCUT2D eigenvalue weighted by Crippen LogP contribution is 2.21. The molecule has 60 valence electrons. The van der Waals surface area contributed by atoms with Crippen molar-refractivity contribution in [1.29, 1.82) is 0 Å². The summed E-state index contributed by atoms with van der Waals surface area (Å²) in [5, 5.41) is 0. The Morgan fingerprint density at radius 2 is 2.18 bits per heavy atom. The smallest absolute Gasteiger partial charge is 0.142 e. The first-order valence-electron chi connectivity index (χ1n) is 3.30. The van der Waals surface area contributed by atoms with E-state index >= 15 is 0 Å². The minimum atomic E-state index is -0.243. The molecule has 0 unspecified atom stereocenters. The van der Waals surface area contributed by atoms with Crippen LogP contribution in [0.25, 0.3) is 0 Å². The first kappa shape index (κ1) is 8.68. The second kappa shape index (κ2) is 3.32. The average molecular weight is 218 g/mol. The lowest BCUT2D eigenvalue weighted by Gasteiger charge is -2.04. The number of hydrogen-bond acceptors (Lipinski definition) is 1. The van der Waals surface area contributed by atoms with Gasteiger partial charge in [-0.2, -0.15) is 0 Å². The Balaban J connectivity index is 3.29. The lowest BCUT2D eigenvalue weighted by Crippen LogP contribution is -2.02. The van der Waals surface area contributed by atoms with Crippen molar-refractivity contribution in [2.45, 2.75) is 13.5 Å². The van der Waals surface area contributed by atoms with Crippen LogP contribution < -0.4 is 5.73 Å². The van der Waals surface area contributed by atoms with Gasteiger partial charge in [0.1, 0.15) is 5.82 Å². The Labute approximate surface area is 73.5 Å². The molecule has 0 radical (unpaired) electrons. The molecule has 0 heterocycles. The fourth-order valence-electron chi connectivity index (χ4n) is 0.940. The third-order valence-corrected chi connectivity index (χ3v) is 2.25. The van der Waals surface area contributed by atoms with E-state index in [0.717, 1.165) is 5.56 Å². The molecule has 0 saturated heterocycles. The molecule has 1 nitrogen and oxygen atoms in total. The summed E-state index contributed by atoms with van der Waals surface area (Å²) >= 11 is 3.09. The lowest BCUT2D eigenvalue weighted by molar-refractivity contribution is 0.602. The van der Waals surface area contributed by atoms with Crippen LogP contribution in [0.3, 0.4) is 0 Å². The molecule has 1 rings (SSSR count). The lowest BCUT2D eigenvalue weighted by atomic mass is 10.1. The fourth-order valence-corrected chi connectivity index (χ4v) is 1.31. The predicted molar refractivity (Wildman–Crippen MR) is 46.7 cm³/mol. The van der Waals surface area contributed by atoms with E-state index in [1.807, 2.05) is 13.0 Å². The molecule has 2 N–H and O–H groups in total. The monoisotopic (exact) mass is 217 g/mol. The van der Waals surface area contributed by atoms with Crippen LogP contribution in [-0.4, -0.2) is 0 Å². The van der Waals surface area contributed by atoms with Gasteiger partial charge in [-0.3, -0.25) is 0 Å². The van der Waals surface area contributed by atoms with Gasteiger partial charge in [-0.15, -0.1) is 0 Å². The van der Waals surface area contributed by atoms with E-state index in [9.17, 15) is 4.39 Å². The van der Waals surface area contributed by atoms with Crippen molar-refractivity contribution in [1.82, 2.24) is 0 Å². The van der Waals surface area contributed by atoms with Crippen LogP contribution >= 0.6 is 15.9 Å². The maximum absolute atomic E-state index is 13.1. The van der Waals surface area contributed by atoms with E-state index in [-0.39, 0.29) is 12.4 Å². The Morgan fingerprint density at radius 1 is 1.55 bits per heavy atom. The highest BCUT2D eigenvalue weighted by Gasteiger charge is 2.06. The predicted octanol–water partition coefficient (Wildman–Crippen LogP) is 2.36. The molecule has 1 aromatic carbocycles. The summed E-state index contributed by atoms with van der Waals surface area (Å²) < 4.78 is 13.6. The zero-order valence-electron chi connectivity index (χ0n) is 6.20. The summed E-state index contributed by atoms with van der Waals surface area (Å²) in [6.07, 6.45) is 0. The third-order valence-electron chi connectivity index (χ3n) is 1.63. The van der Waals surface area contributed by atoms with Gasteiger partial charge in [0.25, 0.3) is 0 Å². The molecule has 1 aromatic rings. The minimum Gasteiger partial charge on any atom is -0.326 e. The molecule has 0 atom stereocenters. The number of halogens is 2. The Hall–Kier alpha value is -0.410. The number of benzene rings is 1. The zero-order valence-corrected chi connectivity index (χ0v) is 7.78. The summed E-state index contributed by atoms with van der Waals surface area (Å²) in [6.45, 7) is 2.09. The van der Waals surface area contributed by atoms with Gasteiger partial charge in [-0.1, -0.05) is 6.07 Å². The molecule has 0 aliphatic rings. The van der Waals surface area contributed by atoms with E-state index in [4.69, 9.17) is 5.73 Å². The van der Waals surface area contributed by atoms with Gasteiger partial charge in [0, 0.05) is 12.1 Å². The molecule has 3 heteroatoms. The summed E-state index contributed by atoms with van der Waals surface area (Å²) in [5.41, 5.74) is 6.84. The normalized spacial score (nSPS) is 10.2. The van der Waals surface area contributed by atoms with E-state index < -0.39 is 0 Å². The highest BCUT2D eigenvalue weighted by atomic mass is 79.9. The third kappa shape index (κ3) is 1.60. The van der Waals surface area contributed by atoms with Crippen molar-refractivity contribution >= 4 is 15.9 Å². The largest absolute Gasteiger partial charge is 0.326 e. The van der Waals surface area contributed by atoms with E-state index in [1.165, 1.54) is 0 Å². The van der Waals surface area contributed by atoms with Gasteiger partial charge in [0.15, 0.2) is 0 Å². The second-order valence-corrected chi connectivity index (χ2v) is 3.22.